The Morgan fingerprint density at radius 2 is 2.00 bits per heavy atom. The van der Waals surface area contributed by atoms with E-state index in [1.54, 1.807) is 6.26 Å². The fourth-order valence-corrected chi connectivity index (χ4v) is 3.74. The van der Waals surface area contributed by atoms with E-state index in [2.05, 4.69) is 14.9 Å². The van der Waals surface area contributed by atoms with Gasteiger partial charge in [0.25, 0.3) is 5.56 Å². The first-order chi connectivity index (χ1) is 14.7. The number of hydrogen-bond acceptors (Lipinski definition) is 6. The number of nitrogen functional groups attached to an aromatic ring is 1. The van der Waals surface area contributed by atoms with Gasteiger partial charge in [0.15, 0.2) is 5.76 Å². The molecular formula is C23H21N5O2. The number of hydrogen-bond donors (Lipinski definition) is 2. The van der Waals surface area contributed by atoms with E-state index in [1.807, 2.05) is 54.7 Å². The van der Waals surface area contributed by atoms with Crippen LogP contribution in [0.1, 0.15) is 16.8 Å². The van der Waals surface area contributed by atoms with Crippen LogP contribution in [0.25, 0.3) is 22.8 Å². The Labute approximate surface area is 173 Å². The van der Waals surface area contributed by atoms with Crippen molar-refractivity contribution in [1.82, 2.24) is 19.9 Å². The SMILES string of the molecule is Nc1ccc(-c2nc3c(c(=O)[nH]2)CN(Cc2ccc(-c4ccco4)nc2)CC3)cc1. The number of furan rings is 1. The lowest BCUT2D eigenvalue weighted by Crippen LogP contribution is -2.35. The molecule has 0 aliphatic carbocycles. The van der Waals surface area contributed by atoms with Crippen molar-refractivity contribution in [2.45, 2.75) is 19.5 Å². The number of rotatable bonds is 4. The quantitative estimate of drug-likeness (QED) is 0.511. The fraction of sp³-hybridized carbons (Fsp3) is 0.174. The maximum Gasteiger partial charge on any atom is 0.255 e. The largest absolute Gasteiger partial charge is 0.463 e. The zero-order valence-electron chi connectivity index (χ0n) is 16.3. The zero-order valence-corrected chi connectivity index (χ0v) is 16.3. The summed E-state index contributed by atoms with van der Waals surface area (Å²) < 4.78 is 5.38. The topological polar surface area (TPSA) is 101 Å². The molecule has 0 fully saturated rings. The summed E-state index contributed by atoms with van der Waals surface area (Å²) in [7, 11) is 0. The highest BCUT2D eigenvalue weighted by molar-refractivity contribution is 5.59. The molecule has 1 aromatic carbocycles. The second-order valence-corrected chi connectivity index (χ2v) is 7.45. The minimum atomic E-state index is -0.0807. The highest BCUT2D eigenvalue weighted by Crippen LogP contribution is 2.22. The number of pyridine rings is 1. The smallest absolute Gasteiger partial charge is 0.255 e. The normalized spacial score (nSPS) is 13.9. The third kappa shape index (κ3) is 3.62. The van der Waals surface area contributed by atoms with Gasteiger partial charge in [-0.2, -0.15) is 0 Å². The number of nitrogens with one attached hydrogen (secondary N) is 1. The van der Waals surface area contributed by atoms with E-state index in [4.69, 9.17) is 15.1 Å². The number of nitrogens with zero attached hydrogens (tertiary/aromatic N) is 3. The molecule has 0 spiro atoms. The maximum absolute atomic E-state index is 12.7. The predicted molar refractivity (Wildman–Crippen MR) is 114 cm³/mol. The first-order valence-corrected chi connectivity index (χ1v) is 9.85. The summed E-state index contributed by atoms with van der Waals surface area (Å²) in [5.74, 6) is 1.34. The molecule has 1 aliphatic rings. The van der Waals surface area contributed by atoms with Crippen LogP contribution in [0, 0.1) is 0 Å². The summed E-state index contributed by atoms with van der Waals surface area (Å²) in [5.41, 5.74) is 10.7. The van der Waals surface area contributed by atoms with E-state index in [-0.39, 0.29) is 5.56 Å². The second-order valence-electron chi connectivity index (χ2n) is 7.45. The first kappa shape index (κ1) is 18.3. The molecule has 3 aromatic heterocycles. The van der Waals surface area contributed by atoms with Crippen LogP contribution in [0.4, 0.5) is 5.69 Å². The molecule has 0 saturated carbocycles. The molecule has 0 atom stereocenters. The Morgan fingerprint density at radius 3 is 2.73 bits per heavy atom. The molecule has 0 radical (unpaired) electrons. The van der Waals surface area contributed by atoms with Gasteiger partial charge in [0.2, 0.25) is 0 Å². The summed E-state index contributed by atoms with van der Waals surface area (Å²) in [6, 6.07) is 15.1. The Kier molecular flexibility index (Phi) is 4.65. The van der Waals surface area contributed by atoms with Gasteiger partial charge in [-0.3, -0.25) is 14.7 Å². The van der Waals surface area contributed by atoms with Gasteiger partial charge in [-0.05, 0) is 48.0 Å². The lowest BCUT2D eigenvalue weighted by atomic mass is 10.1. The van der Waals surface area contributed by atoms with Gasteiger partial charge in [0, 0.05) is 43.5 Å². The van der Waals surface area contributed by atoms with E-state index in [9.17, 15) is 4.79 Å². The van der Waals surface area contributed by atoms with Gasteiger partial charge >= 0.3 is 0 Å². The van der Waals surface area contributed by atoms with Crippen LogP contribution in [-0.2, 0) is 19.5 Å². The maximum atomic E-state index is 12.7. The Bertz CT molecular complexity index is 1210. The number of fused-ring (bicyclic) bond motifs is 1. The van der Waals surface area contributed by atoms with Gasteiger partial charge < -0.3 is 15.1 Å². The van der Waals surface area contributed by atoms with Gasteiger partial charge in [-0.15, -0.1) is 0 Å². The van der Waals surface area contributed by atoms with Gasteiger partial charge in [-0.25, -0.2) is 4.98 Å². The highest BCUT2D eigenvalue weighted by Gasteiger charge is 2.21. The molecule has 0 bridgehead atoms. The number of H-pyrrole nitrogens is 1. The number of aromatic nitrogens is 3. The number of aromatic amines is 1. The molecule has 0 amide bonds. The molecule has 7 nitrogen and oxygen atoms in total. The van der Waals surface area contributed by atoms with E-state index in [0.29, 0.717) is 18.1 Å². The average Bonchev–Trinajstić information content (AvgIpc) is 3.30. The summed E-state index contributed by atoms with van der Waals surface area (Å²) in [4.78, 5) is 27.1. The second kappa shape index (κ2) is 7.61. The van der Waals surface area contributed by atoms with Gasteiger partial charge in [0.05, 0.1) is 17.5 Å². The van der Waals surface area contributed by atoms with Crippen molar-refractivity contribution >= 4 is 5.69 Å². The van der Waals surface area contributed by atoms with Crippen molar-refractivity contribution in [3.05, 3.63) is 88.2 Å². The van der Waals surface area contributed by atoms with Crippen LogP contribution in [-0.4, -0.2) is 26.4 Å². The van der Waals surface area contributed by atoms with Crippen LogP contribution < -0.4 is 11.3 Å². The summed E-state index contributed by atoms with van der Waals surface area (Å²) in [5, 5.41) is 0. The molecule has 0 saturated heterocycles. The number of benzene rings is 1. The Morgan fingerprint density at radius 1 is 1.13 bits per heavy atom. The molecule has 30 heavy (non-hydrogen) atoms. The van der Waals surface area contributed by atoms with E-state index in [1.165, 1.54) is 0 Å². The molecule has 1 aliphatic heterocycles. The van der Waals surface area contributed by atoms with Crippen LogP contribution in [0.5, 0.6) is 0 Å². The first-order valence-electron chi connectivity index (χ1n) is 9.85. The van der Waals surface area contributed by atoms with Gasteiger partial charge in [0.1, 0.15) is 11.5 Å². The third-order valence-electron chi connectivity index (χ3n) is 5.34. The third-order valence-corrected chi connectivity index (χ3v) is 5.34. The van der Waals surface area contributed by atoms with Crippen LogP contribution in [0.2, 0.25) is 0 Å². The number of anilines is 1. The van der Waals surface area contributed by atoms with Crippen molar-refractivity contribution in [3.63, 3.8) is 0 Å². The van der Waals surface area contributed by atoms with Crippen molar-refractivity contribution < 1.29 is 4.42 Å². The lowest BCUT2D eigenvalue weighted by molar-refractivity contribution is 0.241. The molecule has 4 heterocycles. The lowest BCUT2D eigenvalue weighted by Gasteiger charge is -2.27. The predicted octanol–water partition coefficient (Wildman–Crippen LogP) is 3.23. The Balaban J connectivity index is 1.32. The van der Waals surface area contributed by atoms with Crippen molar-refractivity contribution in [2.24, 2.45) is 0 Å². The molecule has 4 aromatic rings. The minimum Gasteiger partial charge on any atom is -0.463 e. The Hall–Kier alpha value is -3.71. The molecule has 3 N–H and O–H groups in total. The van der Waals surface area contributed by atoms with E-state index >= 15 is 0 Å². The van der Waals surface area contributed by atoms with Crippen molar-refractivity contribution in [3.8, 4) is 22.8 Å². The summed E-state index contributed by atoms with van der Waals surface area (Å²) in [6.45, 7) is 2.13. The van der Waals surface area contributed by atoms with Crippen molar-refractivity contribution in [1.29, 1.82) is 0 Å². The van der Waals surface area contributed by atoms with Crippen molar-refractivity contribution in [2.75, 3.05) is 12.3 Å². The molecule has 5 rings (SSSR count). The average molecular weight is 399 g/mol. The molecular weight excluding hydrogens is 378 g/mol. The van der Waals surface area contributed by atoms with Crippen LogP contribution in [0.15, 0.2) is 70.2 Å². The summed E-state index contributed by atoms with van der Waals surface area (Å²) >= 11 is 0. The molecule has 7 heteroatoms. The monoisotopic (exact) mass is 399 g/mol. The number of nitrogens with two attached hydrogens (primary N) is 1. The van der Waals surface area contributed by atoms with Crippen LogP contribution >= 0.6 is 0 Å². The fourth-order valence-electron chi connectivity index (χ4n) is 3.74. The molecule has 0 unspecified atom stereocenters. The van der Waals surface area contributed by atoms with Gasteiger partial charge in [-0.1, -0.05) is 6.07 Å². The van der Waals surface area contributed by atoms with E-state index < -0.39 is 0 Å². The summed E-state index contributed by atoms with van der Waals surface area (Å²) in [6.07, 6.45) is 4.24. The minimum absolute atomic E-state index is 0.0807. The zero-order chi connectivity index (χ0) is 20.5. The standard InChI is InChI=1S/C23H21N5O2/c24-17-6-4-16(5-7-17)22-26-19-9-10-28(14-18(19)23(29)27-22)13-15-3-8-20(25-12-15)21-2-1-11-30-21/h1-8,11-12H,9-10,13-14,24H2,(H,26,27,29). The van der Waals surface area contributed by atoms with Crippen LogP contribution in [0.3, 0.4) is 0 Å². The molecule has 150 valence electrons. The highest BCUT2D eigenvalue weighted by atomic mass is 16.3. The van der Waals surface area contributed by atoms with E-state index in [0.717, 1.165) is 53.3 Å².